The first-order valence-electron chi connectivity index (χ1n) is 11.4. The van der Waals surface area contributed by atoms with E-state index < -0.39 is 31.6 Å². The van der Waals surface area contributed by atoms with E-state index in [1.807, 2.05) is 0 Å². The molecule has 0 spiro atoms. The summed E-state index contributed by atoms with van der Waals surface area (Å²) in [6.45, 7) is -6.64. The second-order valence-electron chi connectivity index (χ2n) is 8.27. The van der Waals surface area contributed by atoms with Gasteiger partial charge in [-0.25, -0.2) is 4.39 Å². The number of alkyl halides is 4. The lowest BCUT2D eigenvalue weighted by molar-refractivity contribution is -0.615. The molecule has 41 heavy (non-hydrogen) atoms. The highest BCUT2D eigenvalue weighted by atomic mass is 35.5. The lowest BCUT2D eigenvalue weighted by atomic mass is 10.0. The van der Waals surface area contributed by atoms with Crippen molar-refractivity contribution < 1.29 is 31.4 Å². The first kappa shape index (κ1) is 28.3. The van der Waals surface area contributed by atoms with Gasteiger partial charge >= 0.3 is 13.2 Å². The zero-order valence-corrected chi connectivity index (χ0v) is 21.7. The van der Waals surface area contributed by atoms with Crippen LogP contribution in [0.1, 0.15) is 24.7 Å². The van der Waals surface area contributed by atoms with Crippen molar-refractivity contribution in [3.8, 4) is 28.1 Å². The molecule has 0 saturated carbocycles. The molecule has 0 aliphatic heterocycles. The summed E-state index contributed by atoms with van der Waals surface area (Å²) in [5.74, 6) is -0.841. The molecule has 0 amide bonds. The first-order chi connectivity index (χ1) is 19.7. The monoisotopic (exact) mass is 616 g/mol. The fourth-order valence-corrected chi connectivity index (χ4v) is 4.54. The fourth-order valence-electron chi connectivity index (χ4n) is 4.15. The Labute approximate surface area is 236 Å². The molecule has 0 unspecified atom stereocenters. The summed E-state index contributed by atoms with van der Waals surface area (Å²) in [5, 5.41) is 34.4. The van der Waals surface area contributed by atoms with Crippen LogP contribution in [0.4, 0.5) is 22.0 Å². The van der Waals surface area contributed by atoms with E-state index in [0.717, 1.165) is 6.20 Å². The van der Waals surface area contributed by atoms with Gasteiger partial charge in [-0.2, -0.15) is 36.8 Å². The molecule has 0 bridgehead atoms. The quantitative estimate of drug-likeness (QED) is 0.128. The SMILES string of the molecule is [O-][n+]1cc(-c2c(-n3cnnn3)ccc(Cl)c2F)ccc1[C@@H](CCOC(F)F)n1cc(-c2c(Cl)nnn2C(F)F)cn1. The van der Waals surface area contributed by atoms with Gasteiger partial charge < -0.3 is 9.94 Å². The second-order valence-corrected chi connectivity index (χ2v) is 9.04. The molecule has 1 atom stereocenters. The number of pyridine rings is 1. The number of rotatable bonds is 10. The number of hydrogen-bond acceptors (Lipinski definition) is 8. The molecule has 1 aromatic carbocycles. The van der Waals surface area contributed by atoms with Crippen LogP contribution in [0.15, 0.2) is 49.2 Å². The third-order valence-electron chi connectivity index (χ3n) is 5.91. The third-order valence-corrected chi connectivity index (χ3v) is 6.46. The molecule has 4 heterocycles. The molecule has 214 valence electrons. The summed E-state index contributed by atoms with van der Waals surface area (Å²) in [4.78, 5) is 0. The molecule has 0 aliphatic carbocycles. The van der Waals surface area contributed by atoms with Crippen LogP contribution in [-0.4, -0.2) is 58.2 Å². The highest BCUT2D eigenvalue weighted by Gasteiger charge is 2.28. The maximum absolute atomic E-state index is 15.2. The van der Waals surface area contributed by atoms with Gasteiger partial charge in [-0.15, -0.1) is 10.2 Å². The van der Waals surface area contributed by atoms with E-state index in [9.17, 15) is 22.8 Å². The normalized spacial score (nSPS) is 12.5. The van der Waals surface area contributed by atoms with Crippen LogP contribution in [0.25, 0.3) is 28.1 Å². The van der Waals surface area contributed by atoms with Gasteiger partial charge in [0.05, 0.1) is 34.6 Å². The van der Waals surface area contributed by atoms with E-state index in [1.54, 1.807) is 0 Å². The van der Waals surface area contributed by atoms with Crippen molar-refractivity contribution in [3.05, 3.63) is 76.1 Å². The van der Waals surface area contributed by atoms with Crippen LogP contribution in [-0.2, 0) is 4.74 Å². The van der Waals surface area contributed by atoms with Gasteiger partial charge in [0.1, 0.15) is 18.1 Å². The maximum Gasteiger partial charge on any atom is 0.345 e. The summed E-state index contributed by atoms with van der Waals surface area (Å²) in [7, 11) is 0. The number of halogens is 7. The number of nitrogens with zero attached hydrogens (tertiary/aromatic N) is 10. The summed E-state index contributed by atoms with van der Waals surface area (Å²) < 4.78 is 74.8. The zero-order chi connectivity index (χ0) is 29.3. The van der Waals surface area contributed by atoms with E-state index in [-0.39, 0.29) is 55.0 Å². The predicted octanol–water partition coefficient (Wildman–Crippen LogP) is 4.48. The Morgan fingerprint density at radius 3 is 2.54 bits per heavy atom. The van der Waals surface area contributed by atoms with E-state index >= 15 is 4.39 Å². The summed E-state index contributed by atoms with van der Waals surface area (Å²) in [6, 6.07) is 4.46. The molecule has 12 nitrogen and oxygen atoms in total. The highest BCUT2D eigenvalue weighted by Crippen LogP contribution is 2.34. The largest absolute Gasteiger partial charge is 0.618 e. The van der Waals surface area contributed by atoms with Gasteiger partial charge in [0.2, 0.25) is 5.69 Å². The molecule has 19 heteroatoms. The van der Waals surface area contributed by atoms with E-state index in [2.05, 4.69) is 35.7 Å². The summed E-state index contributed by atoms with van der Waals surface area (Å²) in [6.07, 6.45) is 4.54. The minimum atomic E-state index is -3.08. The molecule has 0 fully saturated rings. The van der Waals surface area contributed by atoms with Crippen molar-refractivity contribution in [1.29, 1.82) is 0 Å². The zero-order valence-electron chi connectivity index (χ0n) is 20.2. The molecular weight excluding hydrogens is 602 g/mol. The molecular formula is C22H15Cl2F5N10O2. The van der Waals surface area contributed by atoms with Crippen LogP contribution in [0.2, 0.25) is 10.2 Å². The van der Waals surface area contributed by atoms with Gasteiger partial charge in [-0.05, 0) is 28.6 Å². The number of benzene rings is 1. The average Bonchev–Trinajstić information content (AvgIpc) is 3.69. The molecule has 5 aromatic rings. The second kappa shape index (κ2) is 11.7. The van der Waals surface area contributed by atoms with Crippen molar-refractivity contribution in [1.82, 2.24) is 45.0 Å². The van der Waals surface area contributed by atoms with Crippen LogP contribution >= 0.6 is 23.2 Å². The van der Waals surface area contributed by atoms with Crippen LogP contribution in [0.5, 0.6) is 0 Å². The third kappa shape index (κ3) is 5.68. The minimum absolute atomic E-state index is 0.0146. The van der Waals surface area contributed by atoms with Crippen molar-refractivity contribution in [2.24, 2.45) is 0 Å². The Hall–Kier alpha value is -4.22. The average molecular weight is 617 g/mol. The smallest absolute Gasteiger partial charge is 0.345 e. The van der Waals surface area contributed by atoms with Gasteiger partial charge in [0.25, 0.3) is 0 Å². The molecule has 0 saturated heterocycles. The van der Waals surface area contributed by atoms with Crippen molar-refractivity contribution in [3.63, 3.8) is 0 Å². The molecule has 4 aromatic heterocycles. The standard InChI is InChI=1S/C22H15Cl2F5N10O2/c23-13-2-4-16(37-10-30-33-35-37)17(18(13)25)11-1-3-15(38(40)9-11)14(5-6-41-22(28)29)36-8-12(7-31-36)19-20(24)32-34-39(19)21(26)27/h1-4,7-10,14,21-22H,5-6H2/t14-/m1/s1. The predicted molar refractivity (Wildman–Crippen MR) is 131 cm³/mol. The Bertz CT molecular complexity index is 1660. The van der Waals surface area contributed by atoms with Crippen LogP contribution < -0.4 is 4.73 Å². The van der Waals surface area contributed by atoms with Crippen molar-refractivity contribution in [2.45, 2.75) is 25.6 Å². The molecule has 0 radical (unpaired) electrons. The number of aromatic nitrogens is 10. The van der Waals surface area contributed by atoms with Gasteiger partial charge in [-0.1, -0.05) is 28.4 Å². The van der Waals surface area contributed by atoms with Crippen LogP contribution in [0.3, 0.4) is 0 Å². The van der Waals surface area contributed by atoms with Crippen molar-refractivity contribution in [2.75, 3.05) is 6.61 Å². The fraction of sp³-hybridized carbons (Fsp3) is 0.227. The van der Waals surface area contributed by atoms with Crippen LogP contribution in [0, 0.1) is 11.0 Å². The Balaban J connectivity index is 1.56. The van der Waals surface area contributed by atoms with Crippen molar-refractivity contribution >= 4 is 23.2 Å². The number of hydrogen-bond donors (Lipinski definition) is 0. The lowest BCUT2D eigenvalue weighted by Crippen LogP contribution is -2.36. The lowest BCUT2D eigenvalue weighted by Gasteiger charge is -2.18. The number of ether oxygens (including phenoxy) is 1. The topological polar surface area (TPSA) is 128 Å². The van der Waals surface area contributed by atoms with E-state index in [1.165, 1.54) is 52.4 Å². The van der Waals surface area contributed by atoms with E-state index in [0.29, 0.717) is 4.73 Å². The Kier molecular flexibility index (Phi) is 8.09. The van der Waals surface area contributed by atoms with Gasteiger partial charge in [0.15, 0.2) is 17.2 Å². The first-order valence-corrected chi connectivity index (χ1v) is 12.2. The molecule has 0 N–H and O–H groups in total. The summed E-state index contributed by atoms with van der Waals surface area (Å²) in [5.41, 5.74) is 0.0104. The molecule has 0 aliphatic rings. The molecule has 5 rings (SSSR count). The van der Waals surface area contributed by atoms with Gasteiger partial charge in [0, 0.05) is 24.2 Å². The van der Waals surface area contributed by atoms with E-state index in [4.69, 9.17) is 23.2 Å². The Morgan fingerprint density at radius 1 is 1.05 bits per heavy atom. The summed E-state index contributed by atoms with van der Waals surface area (Å²) >= 11 is 11.9. The van der Waals surface area contributed by atoms with Gasteiger partial charge in [-0.3, -0.25) is 4.68 Å². The number of tetrazole rings is 1. The highest BCUT2D eigenvalue weighted by molar-refractivity contribution is 6.31. The maximum atomic E-state index is 15.2. The minimum Gasteiger partial charge on any atom is -0.618 e. The Morgan fingerprint density at radius 2 is 1.85 bits per heavy atom.